The van der Waals surface area contributed by atoms with Crippen LogP contribution in [0.2, 0.25) is 0 Å². The number of rotatable bonds is 3. The van der Waals surface area contributed by atoms with E-state index in [-0.39, 0.29) is 0 Å². The minimum atomic E-state index is 0.675. The van der Waals surface area contributed by atoms with Crippen molar-refractivity contribution in [2.45, 2.75) is 6.42 Å². The van der Waals surface area contributed by atoms with Gasteiger partial charge in [-0.1, -0.05) is 0 Å². The van der Waals surface area contributed by atoms with Crippen LogP contribution in [0.1, 0.15) is 5.82 Å². The van der Waals surface area contributed by atoms with E-state index in [0.29, 0.717) is 6.61 Å². The summed E-state index contributed by atoms with van der Waals surface area (Å²) in [7, 11) is 1.68. The van der Waals surface area contributed by atoms with Crippen molar-refractivity contribution in [1.29, 1.82) is 0 Å². The quantitative estimate of drug-likeness (QED) is 0.790. The molecular formula is C10H13N3O. The molecule has 4 nitrogen and oxygen atoms in total. The summed E-state index contributed by atoms with van der Waals surface area (Å²) in [4.78, 5) is 4.30. The molecule has 2 N–H and O–H groups in total. The van der Waals surface area contributed by atoms with Gasteiger partial charge in [0.1, 0.15) is 5.82 Å². The monoisotopic (exact) mass is 191 g/mol. The van der Waals surface area contributed by atoms with Crippen LogP contribution in [0.4, 0.5) is 5.69 Å². The molecule has 0 atom stereocenters. The van der Waals surface area contributed by atoms with Gasteiger partial charge in [0, 0.05) is 19.7 Å². The van der Waals surface area contributed by atoms with E-state index in [1.165, 1.54) is 0 Å². The van der Waals surface area contributed by atoms with E-state index in [2.05, 4.69) is 4.98 Å². The maximum Gasteiger partial charge on any atom is 0.115 e. The molecule has 2 aromatic rings. The fourth-order valence-corrected chi connectivity index (χ4v) is 1.48. The van der Waals surface area contributed by atoms with Gasteiger partial charge in [0.2, 0.25) is 0 Å². The summed E-state index contributed by atoms with van der Waals surface area (Å²) in [5.41, 5.74) is 7.52. The van der Waals surface area contributed by atoms with Crippen LogP contribution in [-0.2, 0) is 11.2 Å². The molecule has 0 fully saturated rings. The Bertz CT molecular complexity index is 436. The number of aromatic nitrogens is 2. The summed E-state index contributed by atoms with van der Waals surface area (Å²) in [5.74, 6) is 0.981. The minimum absolute atomic E-state index is 0.675. The van der Waals surface area contributed by atoms with Crippen molar-refractivity contribution in [2.75, 3.05) is 19.5 Å². The van der Waals surface area contributed by atoms with Gasteiger partial charge in [-0.3, -0.25) is 0 Å². The number of nitrogens with two attached hydrogens (primary N) is 1. The summed E-state index contributed by atoms with van der Waals surface area (Å²) in [6.45, 7) is 0.675. The fraction of sp³-hybridized carbons (Fsp3) is 0.300. The molecule has 14 heavy (non-hydrogen) atoms. The average molecular weight is 191 g/mol. The second kappa shape index (κ2) is 3.67. The van der Waals surface area contributed by atoms with Crippen molar-refractivity contribution in [3.8, 4) is 0 Å². The van der Waals surface area contributed by atoms with Gasteiger partial charge in [-0.15, -0.1) is 0 Å². The predicted octanol–water partition coefficient (Wildman–Crippen LogP) is 1.11. The highest BCUT2D eigenvalue weighted by molar-refractivity contribution is 5.68. The molecule has 2 aromatic heterocycles. The number of ether oxygens (including phenoxy) is 1. The molecule has 2 rings (SSSR count). The molecule has 0 amide bonds. The van der Waals surface area contributed by atoms with Crippen LogP contribution in [-0.4, -0.2) is 23.1 Å². The molecule has 2 heterocycles. The van der Waals surface area contributed by atoms with E-state index in [1.54, 1.807) is 13.3 Å². The van der Waals surface area contributed by atoms with Gasteiger partial charge in [0.25, 0.3) is 0 Å². The lowest BCUT2D eigenvalue weighted by atomic mass is 10.3. The van der Waals surface area contributed by atoms with Crippen molar-refractivity contribution in [3.05, 3.63) is 30.4 Å². The number of anilines is 1. The van der Waals surface area contributed by atoms with E-state index in [1.807, 2.05) is 22.7 Å². The van der Waals surface area contributed by atoms with E-state index in [0.717, 1.165) is 23.4 Å². The van der Waals surface area contributed by atoms with Gasteiger partial charge in [0.15, 0.2) is 0 Å². The molecule has 0 aliphatic carbocycles. The molecule has 0 bridgehead atoms. The first-order valence-electron chi connectivity index (χ1n) is 4.52. The van der Waals surface area contributed by atoms with E-state index >= 15 is 0 Å². The first kappa shape index (κ1) is 9.02. The maximum atomic E-state index is 5.81. The highest BCUT2D eigenvalue weighted by atomic mass is 16.5. The van der Waals surface area contributed by atoms with Crippen LogP contribution in [0.25, 0.3) is 5.52 Å². The summed E-state index contributed by atoms with van der Waals surface area (Å²) in [6.07, 6.45) is 4.55. The topological polar surface area (TPSA) is 52.5 Å². The third kappa shape index (κ3) is 1.44. The molecule has 0 aliphatic rings. The summed E-state index contributed by atoms with van der Waals surface area (Å²) in [6, 6.07) is 3.79. The number of methoxy groups -OCH3 is 1. The van der Waals surface area contributed by atoms with E-state index < -0.39 is 0 Å². The Hall–Kier alpha value is -1.55. The Morgan fingerprint density at radius 2 is 2.43 bits per heavy atom. The fourth-order valence-electron chi connectivity index (χ4n) is 1.48. The first-order valence-corrected chi connectivity index (χ1v) is 4.52. The van der Waals surface area contributed by atoms with Gasteiger partial charge >= 0.3 is 0 Å². The largest absolute Gasteiger partial charge is 0.397 e. The van der Waals surface area contributed by atoms with Gasteiger partial charge in [-0.05, 0) is 12.1 Å². The van der Waals surface area contributed by atoms with Gasteiger partial charge < -0.3 is 14.9 Å². The Morgan fingerprint density at radius 1 is 1.57 bits per heavy atom. The molecular weight excluding hydrogens is 178 g/mol. The third-order valence-electron chi connectivity index (χ3n) is 2.21. The van der Waals surface area contributed by atoms with Crippen molar-refractivity contribution in [1.82, 2.24) is 9.38 Å². The van der Waals surface area contributed by atoms with E-state index in [4.69, 9.17) is 10.5 Å². The highest BCUT2D eigenvalue weighted by Crippen LogP contribution is 2.14. The summed E-state index contributed by atoms with van der Waals surface area (Å²) >= 11 is 0. The number of imidazole rings is 1. The van der Waals surface area contributed by atoms with Crippen molar-refractivity contribution < 1.29 is 4.74 Å². The first-order chi connectivity index (χ1) is 6.83. The number of hydrogen-bond acceptors (Lipinski definition) is 3. The van der Waals surface area contributed by atoms with Gasteiger partial charge in [-0.25, -0.2) is 4.98 Å². The zero-order chi connectivity index (χ0) is 9.97. The number of nitrogen functional groups attached to an aromatic ring is 1. The van der Waals surface area contributed by atoms with E-state index in [9.17, 15) is 0 Å². The Kier molecular flexibility index (Phi) is 2.37. The Labute approximate surface area is 82.3 Å². The van der Waals surface area contributed by atoms with Gasteiger partial charge in [-0.2, -0.15) is 0 Å². The van der Waals surface area contributed by atoms with Crippen LogP contribution in [0.5, 0.6) is 0 Å². The molecule has 0 spiro atoms. The number of pyridine rings is 1. The Morgan fingerprint density at radius 3 is 3.21 bits per heavy atom. The lowest BCUT2D eigenvalue weighted by Gasteiger charge is -2.01. The smallest absolute Gasteiger partial charge is 0.115 e. The molecule has 0 unspecified atom stereocenters. The molecule has 0 saturated heterocycles. The number of nitrogens with zero attached hydrogens (tertiary/aromatic N) is 2. The van der Waals surface area contributed by atoms with Crippen molar-refractivity contribution in [3.63, 3.8) is 0 Å². The lowest BCUT2D eigenvalue weighted by molar-refractivity contribution is 0.200. The molecule has 0 aliphatic heterocycles. The molecule has 0 saturated carbocycles. The maximum absolute atomic E-state index is 5.81. The average Bonchev–Trinajstić information content (AvgIpc) is 2.60. The summed E-state index contributed by atoms with van der Waals surface area (Å²) in [5, 5.41) is 0. The zero-order valence-corrected chi connectivity index (χ0v) is 8.10. The molecule has 0 radical (unpaired) electrons. The van der Waals surface area contributed by atoms with Crippen molar-refractivity contribution in [2.24, 2.45) is 0 Å². The van der Waals surface area contributed by atoms with Crippen LogP contribution in [0.15, 0.2) is 24.5 Å². The second-order valence-electron chi connectivity index (χ2n) is 3.14. The third-order valence-corrected chi connectivity index (χ3v) is 2.21. The van der Waals surface area contributed by atoms with Crippen LogP contribution < -0.4 is 5.73 Å². The minimum Gasteiger partial charge on any atom is -0.397 e. The second-order valence-corrected chi connectivity index (χ2v) is 3.14. The SMILES string of the molecule is COCCc1ncc2c(N)cccn12. The standard InChI is InChI=1S/C10H13N3O/c1-14-6-4-10-12-7-9-8(11)3-2-5-13(9)10/h2-3,5,7H,4,6,11H2,1H3. The van der Waals surface area contributed by atoms with Crippen LogP contribution in [0.3, 0.4) is 0 Å². The van der Waals surface area contributed by atoms with Crippen LogP contribution >= 0.6 is 0 Å². The molecule has 74 valence electrons. The predicted molar refractivity (Wildman–Crippen MR) is 55.2 cm³/mol. The van der Waals surface area contributed by atoms with Crippen molar-refractivity contribution >= 4 is 11.2 Å². The summed E-state index contributed by atoms with van der Waals surface area (Å²) < 4.78 is 7.00. The Balaban J connectivity index is 2.42. The normalized spacial score (nSPS) is 10.9. The highest BCUT2D eigenvalue weighted by Gasteiger charge is 2.04. The zero-order valence-electron chi connectivity index (χ0n) is 8.10. The van der Waals surface area contributed by atoms with Gasteiger partial charge in [0.05, 0.1) is 24.0 Å². The lowest BCUT2D eigenvalue weighted by Crippen LogP contribution is -2.00. The number of fused-ring (bicyclic) bond motifs is 1. The number of hydrogen-bond donors (Lipinski definition) is 1. The molecule has 0 aromatic carbocycles. The van der Waals surface area contributed by atoms with Crippen LogP contribution in [0, 0.1) is 0 Å². The molecule has 4 heteroatoms.